The topological polar surface area (TPSA) is 54.9 Å². The van der Waals surface area contributed by atoms with Crippen LogP contribution in [0.15, 0.2) is 9.59 Å². The summed E-state index contributed by atoms with van der Waals surface area (Å²) in [5.74, 6) is 0.787. The molecule has 4 nitrogen and oxygen atoms in total. The van der Waals surface area contributed by atoms with Crippen LogP contribution in [0.4, 0.5) is 0 Å². The van der Waals surface area contributed by atoms with E-state index in [2.05, 4.69) is 18.8 Å². The van der Waals surface area contributed by atoms with Crippen molar-refractivity contribution < 1.29 is 0 Å². The highest BCUT2D eigenvalue weighted by Crippen LogP contribution is 2.34. The maximum absolute atomic E-state index is 12.5. The van der Waals surface area contributed by atoms with Gasteiger partial charge in [-0.2, -0.15) is 0 Å². The zero-order chi connectivity index (χ0) is 14.7. The lowest BCUT2D eigenvalue weighted by atomic mass is 10.0. The summed E-state index contributed by atoms with van der Waals surface area (Å²) >= 11 is 6.10. The number of halogens is 1. The molecule has 1 aliphatic carbocycles. The zero-order valence-corrected chi connectivity index (χ0v) is 13.0. The van der Waals surface area contributed by atoms with E-state index in [4.69, 9.17) is 11.6 Å². The van der Waals surface area contributed by atoms with Gasteiger partial charge in [0.15, 0.2) is 0 Å². The normalized spacial score (nSPS) is 16.2. The van der Waals surface area contributed by atoms with Crippen LogP contribution in [-0.4, -0.2) is 9.55 Å². The van der Waals surface area contributed by atoms with Gasteiger partial charge in [0.05, 0.1) is 5.56 Å². The molecule has 0 saturated heterocycles. The lowest BCUT2D eigenvalue weighted by Crippen LogP contribution is -2.38. The number of rotatable bonds is 5. The molecular weight excluding hydrogens is 276 g/mol. The minimum absolute atomic E-state index is 0.186. The van der Waals surface area contributed by atoms with Crippen molar-refractivity contribution >= 4 is 11.6 Å². The Labute approximate surface area is 124 Å². The van der Waals surface area contributed by atoms with Gasteiger partial charge in [-0.15, -0.1) is 0 Å². The lowest BCUT2D eigenvalue weighted by molar-refractivity contribution is 0.491. The van der Waals surface area contributed by atoms with Crippen LogP contribution in [-0.2, 0) is 6.54 Å². The molecule has 1 N–H and O–H groups in total. The fourth-order valence-corrected chi connectivity index (χ4v) is 3.31. The van der Waals surface area contributed by atoms with Crippen molar-refractivity contribution in [1.29, 1.82) is 0 Å². The molecule has 0 spiro atoms. The molecule has 1 aromatic heterocycles. The monoisotopic (exact) mass is 298 g/mol. The van der Waals surface area contributed by atoms with Crippen LogP contribution in [0.2, 0.25) is 5.15 Å². The van der Waals surface area contributed by atoms with Gasteiger partial charge >= 0.3 is 5.69 Å². The van der Waals surface area contributed by atoms with E-state index in [1.807, 2.05) is 0 Å². The summed E-state index contributed by atoms with van der Waals surface area (Å²) in [5.41, 5.74) is 0.0493. The molecule has 0 aliphatic heterocycles. The molecule has 1 aromatic rings. The number of aromatic nitrogens is 2. The molecule has 0 radical (unpaired) electrons. The van der Waals surface area contributed by atoms with Gasteiger partial charge in [-0.1, -0.05) is 38.3 Å². The van der Waals surface area contributed by atoms with Crippen molar-refractivity contribution in [1.82, 2.24) is 9.55 Å². The first kappa shape index (κ1) is 15.4. The predicted molar refractivity (Wildman–Crippen MR) is 81.6 cm³/mol. The largest absolute Gasteiger partial charge is 0.329 e. The Balaban J connectivity index is 2.29. The van der Waals surface area contributed by atoms with Crippen LogP contribution in [0.25, 0.3) is 0 Å². The first-order valence-corrected chi connectivity index (χ1v) is 7.91. The quantitative estimate of drug-likeness (QED) is 0.848. The molecule has 2 rings (SSSR count). The van der Waals surface area contributed by atoms with Gasteiger partial charge < -0.3 is 0 Å². The van der Waals surface area contributed by atoms with E-state index < -0.39 is 0 Å². The molecule has 1 aliphatic rings. The molecule has 0 bridgehead atoms. The minimum atomic E-state index is -0.384. The number of hydrogen-bond donors (Lipinski definition) is 1. The van der Waals surface area contributed by atoms with Crippen molar-refractivity contribution in [2.45, 2.75) is 64.8 Å². The number of nitrogens with one attached hydrogen (secondary N) is 1. The van der Waals surface area contributed by atoms with Crippen molar-refractivity contribution in [2.24, 2.45) is 5.92 Å². The summed E-state index contributed by atoms with van der Waals surface area (Å²) in [6, 6.07) is 0. The highest BCUT2D eigenvalue weighted by atomic mass is 35.5. The Bertz CT molecular complexity index is 568. The van der Waals surface area contributed by atoms with E-state index in [-0.39, 0.29) is 22.3 Å². The van der Waals surface area contributed by atoms with Gasteiger partial charge in [0.1, 0.15) is 5.15 Å². The highest BCUT2D eigenvalue weighted by Gasteiger charge is 2.24. The van der Waals surface area contributed by atoms with Gasteiger partial charge in [-0.05, 0) is 37.5 Å². The SMILES string of the molecule is CC(C)CCCn1c(=O)[nH]c(Cl)c(C2CCCC2)c1=O. The first-order valence-electron chi connectivity index (χ1n) is 7.53. The van der Waals surface area contributed by atoms with Gasteiger partial charge in [0.2, 0.25) is 0 Å². The van der Waals surface area contributed by atoms with Gasteiger partial charge in [0.25, 0.3) is 5.56 Å². The van der Waals surface area contributed by atoms with Crippen LogP contribution in [0.5, 0.6) is 0 Å². The Kier molecular flexibility index (Phi) is 5.08. The molecular formula is C15H23ClN2O2. The summed E-state index contributed by atoms with van der Waals surface area (Å²) in [5, 5.41) is 0.243. The Hall–Kier alpha value is -1.03. The van der Waals surface area contributed by atoms with Crippen molar-refractivity contribution in [3.8, 4) is 0 Å². The second-order valence-electron chi connectivity index (χ2n) is 6.13. The third-order valence-electron chi connectivity index (χ3n) is 4.10. The zero-order valence-electron chi connectivity index (χ0n) is 12.2. The van der Waals surface area contributed by atoms with E-state index in [9.17, 15) is 9.59 Å². The smallest absolute Gasteiger partial charge is 0.297 e. The van der Waals surface area contributed by atoms with E-state index in [1.54, 1.807) is 0 Å². The molecule has 0 unspecified atom stereocenters. The number of hydrogen-bond acceptors (Lipinski definition) is 2. The Morgan fingerprint density at radius 2 is 1.95 bits per heavy atom. The van der Waals surface area contributed by atoms with Crippen molar-refractivity contribution in [2.75, 3.05) is 0 Å². The summed E-state index contributed by atoms with van der Waals surface area (Å²) in [4.78, 5) is 27.1. The Morgan fingerprint density at radius 3 is 2.55 bits per heavy atom. The summed E-state index contributed by atoms with van der Waals surface area (Å²) in [6.07, 6.45) is 6.10. The molecule has 5 heteroatoms. The third kappa shape index (κ3) is 3.35. The van der Waals surface area contributed by atoms with Gasteiger partial charge in [-0.25, -0.2) is 4.79 Å². The van der Waals surface area contributed by atoms with E-state index in [0.29, 0.717) is 18.0 Å². The van der Waals surface area contributed by atoms with Crippen molar-refractivity contribution in [3.63, 3.8) is 0 Å². The van der Waals surface area contributed by atoms with Gasteiger partial charge in [0, 0.05) is 6.54 Å². The first-order chi connectivity index (χ1) is 9.50. The van der Waals surface area contributed by atoms with E-state index >= 15 is 0 Å². The maximum Gasteiger partial charge on any atom is 0.329 e. The second kappa shape index (κ2) is 6.61. The summed E-state index contributed by atoms with van der Waals surface area (Å²) in [6.45, 7) is 4.75. The third-order valence-corrected chi connectivity index (χ3v) is 4.40. The lowest BCUT2D eigenvalue weighted by Gasteiger charge is -2.13. The summed E-state index contributed by atoms with van der Waals surface area (Å²) in [7, 11) is 0. The van der Waals surface area contributed by atoms with E-state index in [0.717, 1.165) is 38.5 Å². The molecule has 112 valence electrons. The van der Waals surface area contributed by atoms with E-state index in [1.165, 1.54) is 4.57 Å². The molecule has 1 fully saturated rings. The fraction of sp³-hybridized carbons (Fsp3) is 0.733. The van der Waals surface area contributed by atoms with Crippen LogP contribution in [0, 0.1) is 5.92 Å². The molecule has 1 saturated carbocycles. The molecule has 0 atom stereocenters. The number of H-pyrrole nitrogens is 1. The van der Waals surface area contributed by atoms with Crippen LogP contribution < -0.4 is 11.2 Å². The maximum atomic E-state index is 12.5. The van der Waals surface area contributed by atoms with Crippen LogP contribution in [0.1, 0.15) is 63.9 Å². The standard InChI is InChI=1S/C15H23ClN2O2/c1-10(2)6-5-9-18-14(19)12(11-7-3-4-8-11)13(16)17-15(18)20/h10-11H,3-9H2,1-2H3,(H,17,20). The summed E-state index contributed by atoms with van der Waals surface area (Å²) < 4.78 is 1.32. The molecule has 0 aromatic carbocycles. The average Bonchev–Trinajstić information content (AvgIpc) is 2.86. The number of nitrogens with zero attached hydrogens (tertiary/aromatic N) is 1. The molecule has 0 amide bonds. The highest BCUT2D eigenvalue weighted by molar-refractivity contribution is 6.30. The van der Waals surface area contributed by atoms with Crippen LogP contribution in [0.3, 0.4) is 0 Å². The Morgan fingerprint density at radius 1 is 1.30 bits per heavy atom. The minimum Gasteiger partial charge on any atom is -0.297 e. The predicted octanol–water partition coefficient (Wildman–Crippen LogP) is 3.28. The molecule has 20 heavy (non-hydrogen) atoms. The molecule has 1 heterocycles. The van der Waals surface area contributed by atoms with Crippen LogP contribution >= 0.6 is 11.6 Å². The number of aromatic amines is 1. The average molecular weight is 299 g/mol. The van der Waals surface area contributed by atoms with Gasteiger partial charge in [-0.3, -0.25) is 14.3 Å². The second-order valence-corrected chi connectivity index (χ2v) is 6.51. The van der Waals surface area contributed by atoms with Crippen molar-refractivity contribution in [3.05, 3.63) is 31.6 Å². The fourth-order valence-electron chi connectivity index (χ4n) is 2.99.